The van der Waals surface area contributed by atoms with E-state index in [4.69, 9.17) is 4.74 Å². The molecule has 0 bridgehead atoms. The number of aromatic nitrogens is 4. The molecule has 1 amide bonds. The normalized spacial score (nSPS) is 18.4. The summed E-state index contributed by atoms with van der Waals surface area (Å²) in [6.45, 7) is 6.88. The molecule has 1 saturated carbocycles. The summed E-state index contributed by atoms with van der Waals surface area (Å²) in [6, 6.07) is 6.12. The summed E-state index contributed by atoms with van der Waals surface area (Å²) in [7, 11) is 0. The van der Waals surface area contributed by atoms with Crippen molar-refractivity contribution in [2.24, 2.45) is 0 Å². The molecule has 5 rings (SSSR count). The molecule has 8 heteroatoms. The minimum absolute atomic E-state index is 0.0567. The van der Waals surface area contributed by atoms with Gasteiger partial charge in [0.2, 0.25) is 5.65 Å². The molecule has 0 unspecified atom stereocenters. The van der Waals surface area contributed by atoms with Crippen LogP contribution in [0.3, 0.4) is 0 Å². The van der Waals surface area contributed by atoms with E-state index in [1.54, 1.807) is 0 Å². The number of hydrogen-bond donors (Lipinski definition) is 1. The Kier molecular flexibility index (Phi) is 5.35. The smallest absolute Gasteiger partial charge is 0.251 e. The summed E-state index contributed by atoms with van der Waals surface area (Å²) in [5, 5.41) is 12.7. The average molecular weight is 409 g/mol. The van der Waals surface area contributed by atoms with Gasteiger partial charge < -0.3 is 14.6 Å². The highest BCUT2D eigenvalue weighted by molar-refractivity contribution is 6.05. The van der Waals surface area contributed by atoms with E-state index in [-0.39, 0.29) is 5.91 Å². The first-order valence-electron chi connectivity index (χ1n) is 10.9. The number of benzene rings is 1. The van der Waals surface area contributed by atoms with Crippen LogP contribution in [0.25, 0.3) is 22.1 Å². The van der Waals surface area contributed by atoms with E-state index in [2.05, 4.69) is 30.0 Å². The largest absolute Gasteiger partial charge is 0.379 e. The van der Waals surface area contributed by atoms with Crippen LogP contribution < -0.4 is 5.32 Å². The highest BCUT2D eigenvalue weighted by atomic mass is 16.5. The lowest BCUT2D eigenvalue weighted by atomic mass is 10.1. The number of morpholine rings is 1. The van der Waals surface area contributed by atoms with Gasteiger partial charge in [-0.15, -0.1) is 10.2 Å². The van der Waals surface area contributed by atoms with Crippen molar-refractivity contribution < 1.29 is 9.53 Å². The van der Waals surface area contributed by atoms with Gasteiger partial charge >= 0.3 is 0 Å². The fraction of sp³-hybridized carbons (Fsp3) is 0.545. The number of hydrogen-bond acceptors (Lipinski definition) is 6. The second-order valence-electron chi connectivity index (χ2n) is 8.28. The number of carbonyl (C=O) groups is 1. The lowest BCUT2D eigenvalue weighted by Crippen LogP contribution is -2.41. The summed E-state index contributed by atoms with van der Waals surface area (Å²) >= 11 is 0. The third kappa shape index (κ3) is 3.65. The van der Waals surface area contributed by atoms with Gasteiger partial charge in [0.15, 0.2) is 0 Å². The summed E-state index contributed by atoms with van der Waals surface area (Å²) < 4.78 is 7.69. The van der Waals surface area contributed by atoms with Crippen molar-refractivity contribution in [2.75, 3.05) is 39.4 Å². The quantitative estimate of drug-likeness (QED) is 0.698. The minimum atomic E-state index is -0.0567. The third-order valence-electron chi connectivity index (χ3n) is 6.34. The first-order chi connectivity index (χ1) is 14.7. The predicted molar refractivity (Wildman–Crippen MR) is 115 cm³/mol. The molecule has 0 atom stereocenters. The van der Waals surface area contributed by atoms with E-state index >= 15 is 0 Å². The molecule has 158 valence electrons. The van der Waals surface area contributed by atoms with Gasteiger partial charge in [0.25, 0.3) is 5.91 Å². The van der Waals surface area contributed by atoms with Crippen molar-refractivity contribution >= 4 is 28.0 Å². The highest BCUT2D eigenvalue weighted by Crippen LogP contribution is 2.35. The monoisotopic (exact) mass is 408 g/mol. The van der Waals surface area contributed by atoms with Gasteiger partial charge in [-0.25, -0.2) is 4.98 Å². The van der Waals surface area contributed by atoms with Crippen molar-refractivity contribution in [1.29, 1.82) is 0 Å². The van der Waals surface area contributed by atoms with Crippen LogP contribution in [0.5, 0.6) is 0 Å². The number of amides is 1. The van der Waals surface area contributed by atoms with E-state index in [1.165, 1.54) is 12.8 Å². The number of carbonyl (C=O) groups excluding carboxylic acids is 1. The van der Waals surface area contributed by atoms with Gasteiger partial charge in [-0.05, 0) is 38.0 Å². The van der Waals surface area contributed by atoms with Gasteiger partial charge in [-0.1, -0.05) is 12.8 Å². The summed E-state index contributed by atoms with van der Waals surface area (Å²) in [5.41, 5.74) is 3.12. The fourth-order valence-corrected chi connectivity index (χ4v) is 4.77. The molecule has 2 aromatic heterocycles. The number of ether oxygens (including phenoxy) is 1. The topological polar surface area (TPSA) is 85.2 Å². The number of fused-ring (bicyclic) bond motifs is 3. The molecule has 0 spiro atoms. The second kappa shape index (κ2) is 8.28. The molecule has 30 heavy (non-hydrogen) atoms. The zero-order valence-electron chi connectivity index (χ0n) is 17.4. The van der Waals surface area contributed by atoms with E-state index in [0.29, 0.717) is 23.8 Å². The molecule has 3 aromatic rings. The molecular weight excluding hydrogens is 380 g/mol. The number of aryl methyl sites for hydroxylation is 1. The van der Waals surface area contributed by atoms with Crippen LogP contribution in [0.1, 0.15) is 47.9 Å². The van der Waals surface area contributed by atoms with Crippen molar-refractivity contribution in [2.45, 2.75) is 38.6 Å². The molecule has 2 fully saturated rings. The number of rotatable bonds is 5. The molecule has 1 aromatic carbocycles. The van der Waals surface area contributed by atoms with E-state index in [9.17, 15) is 4.79 Å². The standard InChI is InChI=1S/C22H28N6O2/c1-15-24-21-20(28(15)17-4-2-3-5-17)18-14-16(6-7-19(18)25-26-21)22(29)23-8-9-27-10-12-30-13-11-27/h6-7,14,17H,2-5,8-13H2,1H3,(H,23,29). The lowest BCUT2D eigenvalue weighted by Gasteiger charge is -2.26. The van der Waals surface area contributed by atoms with Crippen LogP contribution in [0.2, 0.25) is 0 Å². The zero-order valence-corrected chi connectivity index (χ0v) is 17.4. The maximum Gasteiger partial charge on any atom is 0.251 e. The lowest BCUT2D eigenvalue weighted by molar-refractivity contribution is 0.0383. The van der Waals surface area contributed by atoms with E-state index < -0.39 is 0 Å². The predicted octanol–water partition coefficient (Wildman–Crippen LogP) is 2.47. The van der Waals surface area contributed by atoms with E-state index in [0.717, 1.165) is 67.9 Å². The molecule has 0 radical (unpaired) electrons. The molecule has 1 N–H and O–H groups in total. The Morgan fingerprint density at radius 1 is 1.20 bits per heavy atom. The Hall–Kier alpha value is -2.58. The third-order valence-corrected chi connectivity index (χ3v) is 6.34. The van der Waals surface area contributed by atoms with Crippen LogP contribution in [0.15, 0.2) is 18.2 Å². The second-order valence-corrected chi connectivity index (χ2v) is 8.28. The maximum atomic E-state index is 12.8. The van der Waals surface area contributed by atoms with E-state index in [1.807, 2.05) is 25.1 Å². The number of nitrogens with one attached hydrogen (secondary N) is 1. The summed E-state index contributed by atoms with van der Waals surface area (Å²) in [4.78, 5) is 19.8. The molecule has 1 aliphatic carbocycles. The minimum Gasteiger partial charge on any atom is -0.379 e. The highest BCUT2D eigenvalue weighted by Gasteiger charge is 2.23. The van der Waals surface area contributed by atoms with Crippen LogP contribution >= 0.6 is 0 Å². The summed E-state index contributed by atoms with van der Waals surface area (Å²) in [5.74, 6) is 0.915. The van der Waals surface area contributed by atoms with Gasteiger partial charge in [0.1, 0.15) is 5.82 Å². The van der Waals surface area contributed by atoms with Crippen molar-refractivity contribution in [1.82, 2.24) is 30.0 Å². The van der Waals surface area contributed by atoms with Crippen molar-refractivity contribution in [3.05, 3.63) is 29.6 Å². The molecule has 3 heterocycles. The van der Waals surface area contributed by atoms with Crippen LogP contribution in [-0.2, 0) is 4.74 Å². The van der Waals surface area contributed by atoms with Gasteiger partial charge in [-0.3, -0.25) is 9.69 Å². The SMILES string of the molecule is Cc1nc2nnc3ccc(C(=O)NCCN4CCOCC4)cc3c2n1C1CCCC1. The van der Waals surface area contributed by atoms with Crippen LogP contribution in [0.4, 0.5) is 0 Å². The average Bonchev–Trinajstić information content (AvgIpc) is 3.41. The summed E-state index contributed by atoms with van der Waals surface area (Å²) in [6.07, 6.45) is 4.82. The Morgan fingerprint density at radius 3 is 2.80 bits per heavy atom. The molecule has 2 aliphatic rings. The first-order valence-corrected chi connectivity index (χ1v) is 10.9. The Bertz CT molecular complexity index is 1070. The Balaban J connectivity index is 1.42. The van der Waals surface area contributed by atoms with Crippen molar-refractivity contribution in [3.8, 4) is 0 Å². The number of imidazole rings is 1. The Morgan fingerprint density at radius 2 is 2.00 bits per heavy atom. The van der Waals surface area contributed by atoms with Crippen LogP contribution in [-0.4, -0.2) is 69.9 Å². The van der Waals surface area contributed by atoms with Gasteiger partial charge in [0, 0.05) is 43.2 Å². The fourth-order valence-electron chi connectivity index (χ4n) is 4.77. The molecular formula is C22H28N6O2. The first kappa shape index (κ1) is 19.4. The Labute approximate surface area is 175 Å². The number of nitrogens with zero attached hydrogens (tertiary/aromatic N) is 5. The molecule has 8 nitrogen and oxygen atoms in total. The van der Waals surface area contributed by atoms with Crippen molar-refractivity contribution in [3.63, 3.8) is 0 Å². The van der Waals surface area contributed by atoms with Gasteiger partial charge in [0.05, 0.1) is 24.2 Å². The molecule has 1 saturated heterocycles. The molecule has 1 aliphatic heterocycles. The van der Waals surface area contributed by atoms with Gasteiger partial charge in [-0.2, -0.15) is 0 Å². The maximum absolute atomic E-state index is 12.8. The van der Waals surface area contributed by atoms with Crippen LogP contribution in [0, 0.1) is 6.92 Å². The zero-order chi connectivity index (χ0) is 20.5.